The zero-order chi connectivity index (χ0) is 17.4. The summed E-state index contributed by atoms with van der Waals surface area (Å²) in [6, 6.07) is 4.05. The van der Waals surface area contributed by atoms with Gasteiger partial charge in [0.25, 0.3) is 0 Å². The Morgan fingerprint density at radius 3 is 3.00 bits per heavy atom. The Labute approximate surface area is 156 Å². The number of thioether (sulfide) groups is 1. The number of esters is 1. The molecule has 24 heavy (non-hydrogen) atoms. The molecule has 0 radical (unpaired) electrons. The van der Waals surface area contributed by atoms with Gasteiger partial charge in [0.15, 0.2) is 0 Å². The number of carbonyl (C=O) groups is 1. The number of H-pyrrole nitrogens is 1. The Morgan fingerprint density at radius 1 is 1.42 bits per heavy atom. The topological polar surface area (TPSA) is 55.0 Å². The van der Waals surface area contributed by atoms with Gasteiger partial charge in [0.1, 0.15) is 0 Å². The van der Waals surface area contributed by atoms with Gasteiger partial charge in [-0.3, -0.25) is 9.89 Å². The summed E-state index contributed by atoms with van der Waals surface area (Å²) in [5.41, 5.74) is 1.01. The van der Waals surface area contributed by atoms with Crippen LogP contribution < -0.4 is 0 Å². The number of rotatable bonds is 10. The molecule has 6 heteroatoms. The molecule has 0 saturated heterocycles. The summed E-state index contributed by atoms with van der Waals surface area (Å²) in [7, 11) is 0. The maximum Gasteiger partial charge on any atom is 0.306 e. The first-order chi connectivity index (χ1) is 11.7. The van der Waals surface area contributed by atoms with Gasteiger partial charge in [-0.15, -0.1) is 11.8 Å². The van der Waals surface area contributed by atoms with Gasteiger partial charge in [-0.2, -0.15) is 5.10 Å². The van der Waals surface area contributed by atoms with Crippen molar-refractivity contribution in [2.24, 2.45) is 5.92 Å². The van der Waals surface area contributed by atoms with Crippen LogP contribution in [0.5, 0.6) is 0 Å². The number of unbranched alkanes of at least 4 members (excludes halogenated alkanes) is 1. The number of hydrogen-bond donors (Lipinski definition) is 1. The minimum Gasteiger partial charge on any atom is -0.465 e. The fraction of sp³-hybridized carbons (Fsp3) is 0.556. The van der Waals surface area contributed by atoms with Gasteiger partial charge in [-0.05, 0) is 24.5 Å². The molecule has 4 nitrogen and oxygen atoms in total. The van der Waals surface area contributed by atoms with E-state index in [2.05, 4.69) is 40.0 Å². The number of aromatic nitrogens is 2. The fourth-order valence-electron chi connectivity index (χ4n) is 2.52. The summed E-state index contributed by atoms with van der Waals surface area (Å²) < 4.78 is 6.46. The van der Waals surface area contributed by atoms with E-state index in [4.69, 9.17) is 4.74 Å². The maximum absolute atomic E-state index is 11.9. The lowest BCUT2D eigenvalue weighted by Crippen LogP contribution is -2.14. The normalized spacial score (nSPS) is 12.5. The number of nitrogens with one attached hydrogen (secondary N) is 1. The van der Waals surface area contributed by atoms with E-state index in [1.165, 1.54) is 12.8 Å². The molecular weight excluding hydrogens is 388 g/mol. The molecule has 1 N–H and O–H groups in total. The van der Waals surface area contributed by atoms with Gasteiger partial charge in [0.05, 0.1) is 24.7 Å². The summed E-state index contributed by atoms with van der Waals surface area (Å²) in [5, 5.41) is 8.17. The first-order valence-corrected chi connectivity index (χ1v) is 10.3. The summed E-state index contributed by atoms with van der Waals surface area (Å²) in [6.45, 7) is 4.91. The number of ether oxygens (including phenoxy) is 1. The smallest absolute Gasteiger partial charge is 0.306 e. The Hall–Kier alpha value is -1.01. The van der Waals surface area contributed by atoms with Crippen molar-refractivity contribution >= 4 is 44.6 Å². The van der Waals surface area contributed by atoms with Crippen molar-refractivity contribution in [3.05, 3.63) is 22.8 Å². The van der Waals surface area contributed by atoms with Crippen LogP contribution in [0.25, 0.3) is 10.9 Å². The third-order valence-corrected chi connectivity index (χ3v) is 5.86. The molecule has 0 aliphatic carbocycles. The second-order valence-electron chi connectivity index (χ2n) is 5.90. The monoisotopic (exact) mass is 412 g/mol. The highest BCUT2D eigenvalue weighted by atomic mass is 79.9. The number of carbonyl (C=O) groups excluding carboxylic acids is 1. The van der Waals surface area contributed by atoms with E-state index < -0.39 is 0 Å². The molecule has 0 amide bonds. The molecule has 1 aromatic carbocycles. The van der Waals surface area contributed by atoms with Gasteiger partial charge in [0.2, 0.25) is 0 Å². The third-order valence-electron chi connectivity index (χ3n) is 4.11. The van der Waals surface area contributed by atoms with E-state index in [0.29, 0.717) is 24.7 Å². The number of halogens is 1. The molecule has 2 aromatic rings. The van der Waals surface area contributed by atoms with E-state index in [9.17, 15) is 4.79 Å². The first-order valence-electron chi connectivity index (χ1n) is 8.55. The van der Waals surface area contributed by atoms with Crippen LogP contribution in [-0.2, 0) is 9.53 Å². The lowest BCUT2D eigenvalue weighted by molar-refractivity contribution is -0.144. The van der Waals surface area contributed by atoms with Crippen molar-refractivity contribution in [3.8, 4) is 0 Å². The van der Waals surface area contributed by atoms with E-state index in [0.717, 1.165) is 33.1 Å². The van der Waals surface area contributed by atoms with Crippen LogP contribution in [0.4, 0.5) is 0 Å². The zero-order valence-electron chi connectivity index (χ0n) is 14.3. The van der Waals surface area contributed by atoms with E-state index in [-0.39, 0.29) is 5.97 Å². The average molecular weight is 413 g/mol. The van der Waals surface area contributed by atoms with Gasteiger partial charge >= 0.3 is 5.97 Å². The number of hydrogen-bond acceptors (Lipinski definition) is 4. The highest BCUT2D eigenvalue weighted by Crippen LogP contribution is 2.31. The zero-order valence-corrected chi connectivity index (χ0v) is 16.7. The molecule has 0 aliphatic rings. The van der Waals surface area contributed by atoms with Crippen molar-refractivity contribution in [1.82, 2.24) is 10.2 Å². The average Bonchev–Trinajstić information content (AvgIpc) is 3.08. The van der Waals surface area contributed by atoms with E-state index in [1.807, 2.05) is 12.1 Å². The number of nitrogens with zero attached hydrogens (tertiary/aromatic N) is 1. The molecule has 0 aliphatic heterocycles. The molecular formula is C18H25BrN2O2S. The second kappa shape index (κ2) is 10.1. The Balaban J connectivity index is 1.76. The highest BCUT2D eigenvalue weighted by Gasteiger charge is 2.11. The quantitative estimate of drug-likeness (QED) is 0.409. The molecule has 132 valence electrons. The highest BCUT2D eigenvalue weighted by molar-refractivity contribution is 9.10. The third kappa shape index (κ3) is 5.52. The van der Waals surface area contributed by atoms with Gasteiger partial charge in [0, 0.05) is 20.5 Å². The molecule has 1 atom stereocenters. The van der Waals surface area contributed by atoms with Crippen molar-refractivity contribution in [1.29, 1.82) is 0 Å². The number of aromatic amines is 1. The van der Waals surface area contributed by atoms with Gasteiger partial charge < -0.3 is 4.74 Å². The molecule has 1 heterocycles. The minimum atomic E-state index is -0.101. The SMILES string of the molecule is CCCCC(CC)COC(=O)CCSc1ccc(Br)c2cn[nH]c12. The Bertz CT molecular complexity index is 660. The minimum absolute atomic E-state index is 0.101. The summed E-state index contributed by atoms with van der Waals surface area (Å²) in [5.74, 6) is 1.11. The first kappa shape index (κ1) is 19.3. The van der Waals surface area contributed by atoms with E-state index in [1.54, 1.807) is 18.0 Å². The standard InChI is InChI=1S/C18H25BrN2O2S/c1-3-5-6-13(4-2)12-23-17(22)9-10-24-16-8-7-15(19)14-11-20-21-18(14)16/h7-8,11,13H,3-6,9-10,12H2,1-2H3,(H,20,21). The summed E-state index contributed by atoms with van der Waals surface area (Å²) >= 11 is 5.17. The summed E-state index contributed by atoms with van der Waals surface area (Å²) in [6.07, 6.45) is 6.84. The molecule has 1 aromatic heterocycles. The van der Waals surface area contributed by atoms with Crippen LogP contribution in [-0.4, -0.2) is 28.5 Å². The van der Waals surface area contributed by atoms with Crippen LogP contribution in [0.2, 0.25) is 0 Å². The fourth-order valence-corrected chi connectivity index (χ4v) is 3.91. The summed E-state index contributed by atoms with van der Waals surface area (Å²) in [4.78, 5) is 13.0. The molecule has 0 fully saturated rings. The van der Waals surface area contributed by atoms with Gasteiger partial charge in [-0.25, -0.2) is 0 Å². The molecule has 2 rings (SSSR count). The largest absolute Gasteiger partial charge is 0.465 e. The van der Waals surface area contributed by atoms with Crippen LogP contribution in [0.1, 0.15) is 46.0 Å². The molecule has 0 spiro atoms. The lowest BCUT2D eigenvalue weighted by Gasteiger charge is -2.14. The van der Waals surface area contributed by atoms with Crippen molar-refractivity contribution in [2.45, 2.75) is 50.8 Å². The Kier molecular flexibility index (Phi) is 8.12. The van der Waals surface area contributed by atoms with Crippen LogP contribution >= 0.6 is 27.7 Å². The lowest BCUT2D eigenvalue weighted by atomic mass is 10.0. The second-order valence-corrected chi connectivity index (χ2v) is 7.89. The molecule has 0 saturated carbocycles. The van der Waals surface area contributed by atoms with Gasteiger partial charge in [-0.1, -0.05) is 49.0 Å². The van der Waals surface area contributed by atoms with Crippen LogP contribution in [0.3, 0.4) is 0 Å². The predicted molar refractivity (Wildman–Crippen MR) is 103 cm³/mol. The maximum atomic E-state index is 11.9. The van der Waals surface area contributed by atoms with Crippen molar-refractivity contribution in [3.63, 3.8) is 0 Å². The number of benzene rings is 1. The van der Waals surface area contributed by atoms with Crippen LogP contribution in [0.15, 0.2) is 27.7 Å². The van der Waals surface area contributed by atoms with Crippen molar-refractivity contribution in [2.75, 3.05) is 12.4 Å². The molecule has 1 unspecified atom stereocenters. The van der Waals surface area contributed by atoms with E-state index >= 15 is 0 Å². The van der Waals surface area contributed by atoms with Crippen molar-refractivity contribution < 1.29 is 9.53 Å². The van der Waals surface area contributed by atoms with Crippen LogP contribution in [0, 0.1) is 5.92 Å². The number of fused-ring (bicyclic) bond motifs is 1. The predicted octanol–water partition coefficient (Wildman–Crippen LogP) is 5.57. The molecule has 0 bridgehead atoms. The Morgan fingerprint density at radius 2 is 2.25 bits per heavy atom.